The highest BCUT2D eigenvalue weighted by atomic mass is 16.5. The number of benzene rings is 1. The van der Waals surface area contributed by atoms with Crippen molar-refractivity contribution in [3.05, 3.63) is 48.7 Å². The van der Waals surface area contributed by atoms with Crippen molar-refractivity contribution in [2.75, 3.05) is 18.5 Å². The Morgan fingerprint density at radius 1 is 1.15 bits per heavy atom. The van der Waals surface area contributed by atoms with E-state index >= 15 is 0 Å². The highest BCUT2D eigenvalue weighted by Gasteiger charge is 2.03. The van der Waals surface area contributed by atoms with Gasteiger partial charge in [0.25, 0.3) is 0 Å². The van der Waals surface area contributed by atoms with E-state index in [1.165, 1.54) is 0 Å². The molecule has 0 atom stereocenters. The van der Waals surface area contributed by atoms with Crippen molar-refractivity contribution < 1.29 is 4.74 Å². The molecule has 102 valence electrons. The summed E-state index contributed by atoms with van der Waals surface area (Å²) in [6.45, 7) is 1.02. The van der Waals surface area contributed by atoms with Crippen LogP contribution in [-0.2, 0) is 0 Å². The average molecular weight is 269 g/mol. The van der Waals surface area contributed by atoms with Gasteiger partial charge in [0, 0.05) is 18.4 Å². The van der Waals surface area contributed by atoms with Crippen molar-refractivity contribution in [1.29, 1.82) is 0 Å². The summed E-state index contributed by atoms with van der Waals surface area (Å²) in [6, 6.07) is 13.3. The molecule has 3 aromatic rings. The SMILES string of the molecule is NCCOc1ccc(Nc2nc3ccccn3n2)cc1. The van der Waals surface area contributed by atoms with Gasteiger partial charge in [0.1, 0.15) is 12.4 Å². The third-order valence-corrected chi connectivity index (χ3v) is 2.74. The van der Waals surface area contributed by atoms with E-state index in [0.29, 0.717) is 19.1 Å². The molecule has 0 aliphatic rings. The predicted octanol–water partition coefficient (Wildman–Crippen LogP) is 1.81. The molecule has 2 heterocycles. The molecule has 0 aliphatic carbocycles. The number of nitrogens with zero attached hydrogens (tertiary/aromatic N) is 3. The van der Waals surface area contributed by atoms with E-state index in [4.69, 9.17) is 10.5 Å². The van der Waals surface area contributed by atoms with E-state index < -0.39 is 0 Å². The normalized spacial score (nSPS) is 10.7. The van der Waals surface area contributed by atoms with Crippen LogP contribution in [0.3, 0.4) is 0 Å². The number of anilines is 2. The van der Waals surface area contributed by atoms with Crippen LogP contribution in [0.15, 0.2) is 48.7 Å². The Morgan fingerprint density at radius 3 is 2.75 bits per heavy atom. The molecule has 20 heavy (non-hydrogen) atoms. The second kappa shape index (κ2) is 5.58. The molecule has 0 amide bonds. The fraction of sp³-hybridized carbons (Fsp3) is 0.143. The number of nitrogens with one attached hydrogen (secondary N) is 1. The zero-order valence-electron chi connectivity index (χ0n) is 10.9. The van der Waals surface area contributed by atoms with Crippen molar-refractivity contribution in [3.63, 3.8) is 0 Å². The smallest absolute Gasteiger partial charge is 0.247 e. The maximum absolute atomic E-state index is 5.42. The zero-order valence-corrected chi connectivity index (χ0v) is 10.9. The topological polar surface area (TPSA) is 77.5 Å². The van der Waals surface area contributed by atoms with Crippen LogP contribution < -0.4 is 15.8 Å². The Balaban J connectivity index is 1.73. The van der Waals surface area contributed by atoms with Crippen LogP contribution in [0.1, 0.15) is 0 Å². The number of fused-ring (bicyclic) bond motifs is 1. The van der Waals surface area contributed by atoms with Crippen LogP contribution in [0.4, 0.5) is 11.6 Å². The standard InChI is InChI=1S/C14H15N5O/c15-8-10-20-12-6-4-11(5-7-12)16-14-17-13-3-1-2-9-19(13)18-14/h1-7,9H,8,10,15H2,(H,16,18). The lowest BCUT2D eigenvalue weighted by atomic mass is 10.3. The van der Waals surface area contributed by atoms with E-state index in [1.54, 1.807) is 4.52 Å². The van der Waals surface area contributed by atoms with Crippen LogP contribution in [0.5, 0.6) is 5.75 Å². The van der Waals surface area contributed by atoms with E-state index in [-0.39, 0.29) is 0 Å². The zero-order chi connectivity index (χ0) is 13.8. The first-order valence-corrected chi connectivity index (χ1v) is 6.36. The molecule has 6 nitrogen and oxygen atoms in total. The Hall–Kier alpha value is -2.60. The largest absolute Gasteiger partial charge is 0.492 e. The molecular formula is C14H15N5O. The summed E-state index contributed by atoms with van der Waals surface area (Å²) in [5.74, 6) is 1.36. The molecule has 0 saturated carbocycles. The highest BCUT2D eigenvalue weighted by Crippen LogP contribution is 2.18. The molecule has 3 rings (SSSR count). The summed E-state index contributed by atoms with van der Waals surface area (Å²) in [4.78, 5) is 4.37. The Kier molecular flexibility index (Phi) is 3.47. The van der Waals surface area contributed by atoms with Gasteiger partial charge in [-0.3, -0.25) is 0 Å². The van der Waals surface area contributed by atoms with E-state index in [2.05, 4.69) is 15.4 Å². The van der Waals surface area contributed by atoms with Gasteiger partial charge >= 0.3 is 0 Å². The molecule has 0 spiro atoms. The number of pyridine rings is 1. The molecule has 0 bridgehead atoms. The van der Waals surface area contributed by atoms with Gasteiger partial charge in [-0.2, -0.15) is 4.98 Å². The van der Waals surface area contributed by atoms with Crippen LogP contribution in [0.2, 0.25) is 0 Å². The average Bonchev–Trinajstić information content (AvgIpc) is 2.89. The van der Waals surface area contributed by atoms with Gasteiger partial charge in [0.05, 0.1) is 0 Å². The third-order valence-electron chi connectivity index (χ3n) is 2.74. The van der Waals surface area contributed by atoms with Crippen molar-refractivity contribution >= 4 is 17.3 Å². The van der Waals surface area contributed by atoms with E-state index in [1.807, 2.05) is 48.7 Å². The number of nitrogens with two attached hydrogens (primary N) is 1. The Bertz CT molecular complexity index is 659. The summed E-state index contributed by atoms with van der Waals surface area (Å²) in [5.41, 5.74) is 7.10. The summed E-state index contributed by atoms with van der Waals surface area (Å²) >= 11 is 0. The Labute approximate surface area is 116 Å². The second-order valence-electron chi connectivity index (χ2n) is 4.23. The minimum Gasteiger partial charge on any atom is -0.492 e. The first-order valence-electron chi connectivity index (χ1n) is 6.36. The number of rotatable bonds is 5. The number of hydrogen-bond acceptors (Lipinski definition) is 5. The minimum absolute atomic E-state index is 0.505. The summed E-state index contributed by atoms with van der Waals surface area (Å²) < 4.78 is 7.14. The van der Waals surface area contributed by atoms with Crippen LogP contribution in [0.25, 0.3) is 5.65 Å². The molecule has 1 aromatic carbocycles. The fourth-order valence-electron chi connectivity index (χ4n) is 1.82. The molecule has 2 aromatic heterocycles. The predicted molar refractivity (Wildman–Crippen MR) is 77.3 cm³/mol. The van der Waals surface area contributed by atoms with Crippen LogP contribution in [0, 0.1) is 0 Å². The van der Waals surface area contributed by atoms with Crippen LogP contribution in [-0.4, -0.2) is 27.7 Å². The van der Waals surface area contributed by atoms with E-state index in [0.717, 1.165) is 17.1 Å². The first-order chi connectivity index (χ1) is 9.85. The lowest BCUT2D eigenvalue weighted by molar-refractivity contribution is 0.328. The van der Waals surface area contributed by atoms with Gasteiger partial charge in [-0.05, 0) is 36.4 Å². The van der Waals surface area contributed by atoms with Crippen molar-refractivity contribution in [1.82, 2.24) is 14.6 Å². The van der Waals surface area contributed by atoms with Gasteiger partial charge in [-0.25, -0.2) is 4.52 Å². The lowest BCUT2D eigenvalue weighted by Crippen LogP contribution is -2.10. The molecule has 6 heteroatoms. The fourth-order valence-corrected chi connectivity index (χ4v) is 1.82. The van der Waals surface area contributed by atoms with Gasteiger partial charge in [-0.15, -0.1) is 5.10 Å². The highest BCUT2D eigenvalue weighted by molar-refractivity contribution is 5.56. The minimum atomic E-state index is 0.505. The van der Waals surface area contributed by atoms with Crippen molar-refractivity contribution in [2.24, 2.45) is 5.73 Å². The molecule has 0 unspecified atom stereocenters. The summed E-state index contributed by atoms with van der Waals surface area (Å²) in [7, 11) is 0. The Morgan fingerprint density at radius 2 is 2.00 bits per heavy atom. The molecular weight excluding hydrogens is 254 g/mol. The van der Waals surface area contributed by atoms with Crippen molar-refractivity contribution in [2.45, 2.75) is 0 Å². The molecule has 0 fully saturated rings. The second-order valence-corrected chi connectivity index (χ2v) is 4.23. The lowest BCUT2D eigenvalue weighted by Gasteiger charge is -2.05. The number of aromatic nitrogens is 3. The molecule has 0 radical (unpaired) electrons. The summed E-state index contributed by atoms with van der Waals surface area (Å²) in [5, 5.41) is 7.48. The molecule has 3 N–H and O–H groups in total. The third kappa shape index (κ3) is 2.70. The molecule has 0 saturated heterocycles. The molecule has 0 aliphatic heterocycles. The summed E-state index contributed by atoms with van der Waals surface area (Å²) in [6.07, 6.45) is 1.86. The van der Waals surface area contributed by atoms with E-state index in [9.17, 15) is 0 Å². The number of ether oxygens (including phenoxy) is 1. The van der Waals surface area contributed by atoms with Gasteiger partial charge in [-0.1, -0.05) is 6.07 Å². The monoisotopic (exact) mass is 269 g/mol. The quantitative estimate of drug-likeness (QED) is 0.738. The number of hydrogen-bond donors (Lipinski definition) is 2. The maximum atomic E-state index is 5.42. The van der Waals surface area contributed by atoms with Gasteiger partial charge in [0.2, 0.25) is 5.95 Å². The van der Waals surface area contributed by atoms with Gasteiger partial charge in [0.15, 0.2) is 5.65 Å². The van der Waals surface area contributed by atoms with Crippen LogP contribution >= 0.6 is 0 Å². The first kappa shape index (κ1) is 12.4. The maximum Gasteiger partial charge on any atom is 0.247 e. The van der Waals surface area contributed by atoms with Gasteiger partial charge < -0.3 is 15.8 Å². The van der Waals surface area contributed by atoms with Crippen molar-refractivity contribution in [3.8, 4) is 5.75 Å².